The van der Waals surface area contributed by atoms with E-state index >= 15 is 0 Å². The number of benzene rings is 1. The highest BCUT2D eigenvalue weighted by Crippen LogP contribution is 2.40. The average Bonchev–Trinajstić information content (AvgIpc) is 2.61. The Balaban J connectivity index is 2.18. The largest absolute Gasteiger partial charge is 0.493 e. The monoisotopic (exact) mass is 189 g/mol. The molecule has 74 valence electrons. The first-order valence-electron chi connectivity index (χ1n) is 5.39. The maximum atomic E-state index is 6.09. The van der Waals surface area contributed by atoms with Crippen LogP contribution in [-0.2, 0) is 12.8 Å². The molecule has 2 N–H and O–H groups in total. The summed E-state index contributed by atoms with van der Waals surface area (Å²) >= 11 is 0. The topological polar surface area (TPSA) is 35.2 Å². The van der Waals surface area contributed by atoms with Crippen molar-refractivity contribution in [3.63, 3.8) is 0 Å². The number of hydrogen-bond acceptors (Lipinski definition) is 2. The smallest absolute Gasteiger partial charge is 0.127 e. The molecule has 2 heteroatoms. The van der Waals surface area contributed by atoms with Gasteiger partial charge < -0.3 is 10.5 Å². The minimum Gasteiger partial charge on any atom is -0.493 e. The highest BCUT2D eigenvalue weighted by molar-refractivity contribution is 5.51. The molecule has 0 aromatic heterocycles. The van der Waals surface area contributed by atoms with Crippen molar-refractivity contribution in [1.29, 1.82) is 0 Å². The van der Waals surface area contributed by atoms with Gasteiger partial charge in [0.1, 0.15) is 5.75 Å². The van der Waals surface area contributed by atoms with Crippen LogP contribution >= 0.6 is 0 Å². The molecular formula is C12H15NO. The summed E-state index contributed by atoms with van der Waals surface area (Å²) in [6, 6.07) is 4.65. The van der Waals surface area contributed by atoms with Crippen molar-refractivity contribution in [2.75, 3.05) is 6.61 Å². The van der Waals surface area contributed by atoms with E-state index < -0.39 is 0 Å². The number of nitrogens with two attached hydrogens (primary N) is 1. The van der Waals surface area contributed by atoms with E-state index in [-0.39, 0.29) is 6.04 Å². The molecule has 0 bridgehead atoms. The van der Waals surface area contributed by atoms with Gasteiger partial charge in [0, 0.05) is 11.6 Å². The van der Waals surface area contributed by atoms with Gasteiger partial charge in [0.15, 0.2) is 0 Å². The molecule has 0 radical (unpaired) electrons. The zero-order valence-electron chi connectivity index (χ0n) is 8.25. The zero-order valence-corrected chi connectivity index (χ0v) is 8.25. The fraction of sp³-hybridized carbons (Fsp3) is 0.500. The number of rotatable bonds is 0. The van der Waals surface area contributed by atoms with Crippen molar-refractivity contribution in [3.05, 3.63) is 28.8 Å². The van der Waals surface area contributed by atoms with Crippen LogP contribution in [0.5, 0.6) is 5.75 Å². The third-order valence-electron chi connectivity index (χ3n) is 3.30. The lowest BCUT2D eigenvalue weighted by molar-refractivity contribution is 0.284. The lowest BCUT2D eigenvalue weighted by Crippen LogP contribution is -2.14. The van der Waals surface area contributed by atoms with Crippen molar-refractivity contribution >= 4 is 0 Å². The van der Waals surface area contributed by atoms with E-state index in [1.54, 1.807) is 0 Å². The Bertz CT molecular complexity index is 373. The van der Waals surface area contributed by atoms with E-state index in [1.165, 1.54) is 16.7 Å². The van der Waals surface area contributed by atoms with Gasteiger partial charge >= 0.3 is 0 Å². The lowest BCUT2D eigenvalue weighted by Gasteiger charge is -2.21. The lowest BCUT2D eigenvalue weighted by atomic mass is 9.98. The average molecular weight is 189 g/mol. The molecule has 0 saturated heterocycles. The third kappa shape index (κ3) is 1.07. The quantitative estimate of drug-likeness (QED) is 0.677. The van der Waals surface area contributed by atoms with Gasteiger partial charge in [-0.15, -0.1) is 0 Å². The van der Waals surface area contributed by atoms with E-state index in [0.29, 0.717) is 0 Å². The highest BCUT2D eigenvalue weighted by atomic mass is 16.5. The summed E-state index contributed by atoms with van der Waals surface area (Å²) in [6.45, 7) is 0.857. The van der Waals surface area contributed by atoms with E-state index in [0.717, 1.165) is 38.0 Å². The second-order valence-electron chi connectivity index (χ2n) is 4.22. The molecule has 2 aliphatic rings. The minimum absolute atomic E-state index is 0.207. The summed E-state index contributed by atoms with van der Waals surface area (Å²) in [4.78, 5) is 0. The SMILES string of the molecule is N[C@H]1CCc2ccc3c(c21)OCCC3. The fourth-order valence-corrected chi connectivity index (χ4v) is 2.57. The number of hydrogen-bond donors (Lipinski definition) is 1. The third-order valence-corrected chi connectivity index (χ3v) is 3.30. The van der Waals surface area contributed by atoms with E-state index in [9.17, 15) is 0 Å². The molecule has 0 saturated carbocycles. The van der Waals surface area contributed by atoms with Crippen LogP contribution in [-0.4, -0.2) is 6.61 Å². The Labute approximate surface area is 84.1 Å². The van der Waals surface area contributed by atoms with E-state index in [2.05, 4.69) is 12.1 Å². The Kier molecular flexibility index (Phi) is 1.77. The first-order chi connectivity index (χ1) is 6.86. The summed E-state index contributed by atoms with van der Waals surface area (Å²) < 4.78 is 5.76. The summed E-state index contributed by atoms with van der Waals surface area (Å²) in [5.41, 5.74) is 10.1. The summed E-state index contributed by atoms with van der Waals surface area (Å²) in [5, 5.41) is 0. The number of ether oxygens (including phenoxy) is 1. The van der Waals surface area contributed by atoms with Crippen LogP contribution in [0.2, 0.25) is 0 Å². The van der Waals surface area contributed by atoms with Crippen LogP contribution in [0.25, 0.3) is 0 Å². The molecule has 1 aliphatic carbocycles. The first kappa shape index (κ1) is 8.30. The molecule has 1 heterocycles. The van der Waals surface area contributed by atoms with Crippen molar-refractivity contribution in [2.24, 2.45) is 5.73 Å². The second kappa shape index (κ2) is 2.99. The van der Waals surface area contributed by atoms with Gasteiger partial charge in [-0.25, -0.2) is 0 Å². The molecule has 0 fully saturated rings. The Hall–Kier alpha value is -1.02. The van der Waals surface area contributed by atoms with E-state index in [4.69, 9.17) is 10.5 Å². The molecule has 1 atom stereocenters. The minimum atomic E-state index is 0.207. The van der Waals surface area contributed by atoms with Gasteiger partial charge in [-0.2, -0.15) is 0 Å². The highest BCUT2D eigenvalue weighted by Gasteiger charge is 2.26. The van der Waals surface area contributed by atoms with Gasteiger partial charge in [-0.05, 0) is 36.8 Å². The molecule has 2 nitrogen and oxygen atoms in total. The van der Waals surface area contributed by atoms with Crippen LogP contribution in [0.3, 0.4) is 0 Å². The van der Waals surface area contributed by atoms with Crippen molar-refractivity contribution in [1.82, 2.24) is 0 Å². The Morgan fingerprint density at radius 3 is 3.00 bits per heavy atom. The van der Waals surface area contributed by atoms with Crippen LogP contribution in [0, 0.1) is 0 Å². The number of fused-ring (bicyclic) bond motifs is 3. The predicted octanol–water partition coefficient (Wildman–Crippen LogP) is 1.96. The van der Waals surface area contributed by atoms with Crippen LogP contribution in [0.1, 0.15) is 35.6 Å². The first-order valence-corrected chi connectivity index (χ1v) is 5.39. The molecule has 0 spiro atoms. The van der Waals surface area contributed by atoms with Gasteiger partial charge in [0.25, 0.3) is 0 Å². The standard InChI is InChI=1S/C12H15NO/c13-10-6-5-8-3-4-9-2-1-7-14-12(9)11(8)10/h3-4,10H,1-2,5-7,13H2/t10-/m0/s1. The van der Waals surface area contributed by atoms with Gasteiger partial charge in [0.2, 0.25) is 0 Å². The molecule has 1 aromatic rings. The molecule has 14 heavy (non-hydrogen) atoms. The molecule has 3 rings (SSSR count). The maximum absolute atomic E-state index is 6.09. The number of aryl methyl sites for hydroxylation is 2. The van der Waals surface area contributed by atoms with Crippen molar-refractivity contribution in [2.45, 2.75) is 31.7 Å². The molecule has 0 unspecified atom stereocenters. The summed E-state index contributed by atoms with van der Waals surface area (Å²) in [7, 11) is 0. The second-order valence-corrected chi connectivity index (χ2v) is 4.22. The van der Waals surface area contributed by atoms with Crippen LogP contribution < -0.4 is 10.5 Å². The van der Waals surface area contributed by atoms with Gasteiger partial charge in [-0.3, -0.25) is 0 Å². The summed E-state index contributed by atoms with van der Waals surface area (Å²) in [6.07, 6.45) is 4.48. The normalized spacial score (nSPS) is 23.9. The van der Waals surface area contributed by atoms with Crippen LogP contribution in [0.4, 0.5) is 0 Å². The van der Waals surface area contributed by atoms with Crippen molar-refractivity contribution < 1.29 is 4.74 Å². The van der Waals surface area contributed by atoms with Gasteiger partial charge in [-0.1, -0.05) is 12.1 Å². The maximum Gasteiger partial charge on any atom is 0.127 e. The Morgan fingerprint density at radius 1 is 1.21 bits per heavy atom. The van der Waals surface area contributed by atoms with Crippen LogP contribution in [0.15, 0.2) is 12.1 Å². The Morgan fingerprint density at radius 2 is 2.07 bits per heavy atom. The predicted molar refractivity (Wildman–Crippen MR) is 55.5 cm³/mol. The molecule has 1 aliphatic heterocycles. The molecule has 0 amide bonds. The molecular weight excluding hydrogens is 174 g/mol. The molecule has 1 aromatic carbocycles. The van der Waals surface area contributed by atoms with Crippen molar-refractivity contribution in [3.8, 4) is 5.75 Å². The van der Waals surface area contributed by atoms with Gasteiger partial charge in [0.05, 0.1) is 6.61 Å². The zero-order chi connectivity index (χ0) is 9.54. The van der Waals surface area contributed by atoms with E-state index in [1.807, 2.05) is 0 Å². The fourth-order valence-electron chi connectivity index (χ4n) is 2.57. The summed E-state index contributed by atoms with van der Waals surface area (Å²) in [5.74, 6) is 1.11.